The number of hydrogen-bond acceptors (Lipinski definition) is 8. The van der Waals surface area contributed by atoms with Gasteiger partial charge in [-0.2, -0.15) is 0 Å². The minimum absolute atomic E-state index is 0.0295. The predicted octanol–water partition coefficient (Wildman–Crippen LogP) is 5.58. The second-order valence-corrected chi connectivity index (χ2v) is 9.83. The molecule has 0 saturated carbocycles. The lowest BCUT2D eigenvalue weighted by molar-refractivity contribution is -0.711. The second kappa shape index (κ2) is 12.7. The van der Waals surface area contributed by atoms with Crippen molar-refractivity contribution in [3.63, 3.8) is 0 Å². The van der Waals surface area contributed by atoms with Crippen LogP contribution in [0.4, 0.5) is 5.69 Å². The van der Waals surface area contributed by atoms with Gasteiger partial charge in [-0.15, -0.1) is 10.1 Å². The highest BCUT2D eigenvalue weighted by molar-refractivity contribution is 7.99. The molecule has 0 aliphatic heterocycles. The zero-order valence-electron chi connectivity index (χ0n) is 21.9. The van der Waals surface area contributed by atoms with Crippen LogP contribution in [0, 0.1) is 10.1 Å². The average Bonchev–Trinajstić information content (AvgIpc) is 2.99. The van der Waals surface area contributed by atoms with Gasteiger partial charge in [-0.05, 0) is 60.2 Å². The Labute approximate surface area is 243 Å². The van der Waals surface area contributed by atoms with Gasteiger partial charge in [-0.1, -0.05) is 72.4 Å². The molecule has 0 saturated heterocycles. The van der Waals surface area contributed by atoms with Crippen LogP contribution >= 0.6 is 11.8 Å². The van der Waals surface area contributed by atoms with Gasteiger partial charge in [0.15, 0.2) is 10.9 Å². The van der Waals surface area contributed by atoms with E-state index < -0.39 is 5.09 Å². The number of thioether (sulfide) groups is 1. The minimum atomic E-state index is -0.910. The lowest BCUT2D eigenvalue weighted by atomic mass is 10.1. The molecule has 208 valence electrons. The van der Waals surface area contributed by atoms with Crippen molar-refractivity contribution in [2.45, 2.75) is 5.16 Å². The van der Waals surface area contributed by atoms with Gasteiger partial charge in [0.1, 0.15) is 5.75 Å². The summed E-state index contributed by atoms with van der Waals surface area (Å²) >= 11 is 1.13. The molecule has 0 bridgehead atoms. The molecule has 5 rings (SSSR count). The number of carbonyl (C=O) groups excluding carboxylic acids is 2. The molecule has 10 nitrogen and oxygen atoms in total. The van der Waals surface area contributed by atoms with Crippen molar-refractivity contribution in [2.24, 2.45) is 0 Å². The number of aromatic nitrogens is 2. The van der Waals surface area contributed by atoms with E-state index in [0.717, 1.165) is 11.8 Å². The van der Waals surface area contributed by atoms with Crippen molar-refractivity contribution in [1.82, 2.24) is 9.55 Å². The molecule has 1 amide bonds. The van der Waals surface area contributed by atoms with Crippen LogP contribution in [-0.4, -0.2) is 32.1 Å². The molecule has 11 heteroatoms. The summed E-state index contributed by atoms with van der Waals surface area (Å²) < 4.78 is 1.49. The summed E-state index contributed by atoms with van der Waals surface area (Å²) in [7, 11) is 0. The fraction of sp³-hybridized carbons (Fsp3) is 0.0323. The Morgan fingerprint density at radius 1 is 0.952 bits per heavy atom. The maximum atomic E-state index is 13.3. The average molecular weight is 579 g/mol. The van der Waals surface area contributed by atoms with E-state index in [1.165, 1.54) is 28.9 Å². The Hall–Kier alpha value is -5.55. The van der Waals surface area contributed by atoms with E-state index in [2.05, 4.69) is 15.1 Å². The van der Waals surface area contributed by atoms with Gasteiger partial charge in [0, 0.05) is 11.3 Å². The smallest absolute Gasteiger partial charge is 0.299 e. The molecular weight excluding hydrogens is 556 g/mol. The van der Waals surface area contributed by atoms with Gasteiger partial charge in [-0.25, -0.2) is 4.98 Å². The van der Waals surface area contributed by atoms with Crippen molar-refractivity contribution in [3.8, 4) is 11.4 Å². The van der Waals surface area contributed by atoms with Crippen molar-refractivity contribution in [3.05, 3.63) is 141 Å². The number of ketones is 1. The lowest BCUT2D eigenvalue weighted by Crippen LogP contribution is -2.23. The number of para-hydroxylation sites is 2. The number of nitrogens with one attached hydrogen (secondary N) is 1. The number of rotatable bonds is 10. The molecule has 4 aromatic carbocycles. The van der Waals surface area contributed by atoms with Crippen LogP contribution in [0.3, 0.4) is 0 Å². The van der Waals surface area contributed by atoms with Crippen molar-refractivity contribution in [1.29, 1.82) is 0 Å². The molecule has 42 heavy (non-hydrogen) atoms. The Bertz CT molecular complexity index is 1890. The van der Waals surface area contributed by atoms with Gasteiger partial charge in [-0.3, -0.25) is 23.8 Å². The highest BCUT2D eigenvalue weighted by atomic mass is 32.2. The third kappa shape index (κ3) is 6.77. The normalized spacial score (nSPS) is 11.0. The Balaban J connectivity index is 1.28. The maximum Gasteiger partial charge on any atom is 0.299 e. The second-order valence-electron chi connectivity index (χ2n) is 8.89. The van der Waals surface area contributed by atoms with Gasteiger partial charge < -0.3 is 5.32 Å². The number of amides is 1. The first kappa shape index (κ1) is 28.0. The number of fused-ring (bicyclic) bond motifs is 1. The van der Waals surface area contributed by atoms with E-state index >= 15 is 0 Å². The molecule has 0 unspecified atom stereocenters. The maximum absolute atomic E-state index is 13.3. The molecular formula is C31H22N4O6S. The van der Waals surface area contributed by atoms with E-state index in [4.69, 9.17) is 0 Å². The van der Waals surface area contributed by atoms with E-state index in [1.807, 2.05) is 18.2 Å². The summed E-state index contributed by atoms with van der Waals surface area (Å²) in [5, 5.41) is 13.3. The van der Waals surface area contributed by atoms with E-state index in [1.54, 1.807) is 72.8 Å². The molecule has 0 aliphatic rings. The molecule has 5 aromatic rings. The fourth-order valence-electron chi connectivity index (χ4n) is 4.12. The number of hydrogen-bond donors (Lipinski definition) is 1. The van der Waals surface area contributed by atoms with Crippen LogP contribution in [0.5, 0.6) is 5.75 Å². The van der Waals surface area contributed by atoms with Crippen LogP contribution in [0.25, 0.3) is 22.7 Å². The summed E-state index contributed by atoms with van der Waals surface area (Å²) in [5.41, 5.74) is 2.25. The lowest BCUT2D eigenvalue weighted by Gasteiger charge is -2.13. The summed E-state index contributed by atoms with van der Waals surface area (Å²) in [6.45, 7) is 0. The van der Waals surface area contributed by atoms with E-state index in [0.29, 0.717) is 38.6 Å². The molecule has 1 aromatic heterocycles. The fourth-order valence-corrected chi connectivity index (χ4v) is 4.93. The third-order valence-corrected chi connectivity index (χ3v) is 6.93. The zero-order valence-corrected chi connectivity index (χ0v) is 22.7. The van der Waals surface area contributed by atoms with Gasteiger partial charge in [0.05, 0.1) is 22.3 Å². The van der Waals surface area contributed by atoms with Crippen molar-refractivity contribution in [2.75, 3.05) is 11.1 Å². The number of carbonyl (C=O) groups is 2. The third-order valence-electron chi connectivity index (χ3n) is 5.99. The molecule has 1 heterocycles. The first-order valence-electron chi connectivity index (χ1n) is 12.6. The van der Waals surface area contributed by atoms with E-state index in [-0.39, 0.29) is 28.8 Å². The Morgan fingerprint density at radius 2 is 1.71 bits per heavy atom. The van der Waals surface area contributed by atoms with Crippen LogP contribution in [0.2, 0.25) is 0 Å². The first-order chi connectivity index (χ1) is 20.4. The zero-order chi connectivity index (χ0) is 29.5. The highest BCUT2D eigenvalue weighted by Gasteiger charge is 2.15. The van der Waals surface area contributed by atoms with Crippen molar-refractivity contribution >= 4 is 46.1 Å². The SMILES string of the molecule is O=C(CSc1nc2ccccc2c(=O)n1-c1ccccc1)Nc1cccc(C(=O)/C=C/c2cccc(O[N+](=O)[O-])c2)c1. The minimum Gasteiger partial charge on any atom is -0.325 e. The number of allylic oxidation sites excluding steroid dienone is 1. The number of benzene rings is 4. The number of nitrogens with zero attached hydrogens (tertiary/aromatic N) is 3. The summed E-state index contributed by atoms with van der Waals surface area (Å²) in [6, 6.07) is 28.7. The summed E-state index contributed by atoms with van der Waals surface area (Å²) in [6.07, 6.45) is 2.84. The largest absolute Gasteiger partial charge is 0.325 e. The quantitative estimate of drug-likeness (QED) is 0.0567. The summed E-state index contributed by atoms with van der Waals surface area (Å²) in [5.74, 6) is -0.659. The topological polar surface area (TPSA) is 133 Å². The Kier molecular flexibility index (Phi) is 8.50. The van der Waals surface area contributed by atoms with Crippen LogP contribution < -0.4 is 15.7 Å². The van der Waals surface area contributed by atoms with Crippen LogP contribution in [0.1, 0.15) is 15.9 Å². The number of anilines is 1. The standard InChI is InChI=1S/C31H22N4O6S/c36-28(17-16-21-8-6-13-25(18-21)41-35(39)40)22-9-7-10-23(19-22)32-29(37)20-42-31-33-27-15-5-4-14-26(27)30(38)34(31)24-11-2-1-3-12-24/h1-19H,20H2,(H,32,37)/b17-16+. The van der Waals surface area contributed by atoms with E-state index in [9.17, 15) is 24.5 Å². The Morgan fingerprint density at radius 3 is 2.52 bits per heavy atom. The van der Waals surface area contributed by atoms with Crippen LogP contribution in [0.15, 0.2) is 119 Å². The molecule has 0 aliphatic carbocycles. The molecule has 0 spiro atoms. The molecule has 0 atom stereocenters. The monoisotopic (exact) mass is 578 g/mol. The van der Waals surface area contributed by atoms with Gasteiger partial charge >= 0.3 is 0 Å². The summed E-state index contributed by atoms with van der Waals surface area (Å²) in [4.78, 5) is 58.6. The van der Waals surface area contributed by atoms with Crippen LogP contribution in [-0.2, 0) is 4.79 Å². The van der Waals surface area contributed by atoms with Gasteiger partial charge in [0.25, 0.3) is 10.6 Å². The van der Waals surface area contributed by atoms with Crippen molar-refractivity contribution < 1.29 is 19.5 Å². The molecule has 0 fully saturated rings. The predicted molar refractivity (Wildman–Crippen MR) is 161 cm³/mol. The van der Waals surface area contributed by atoms with Gasteiger partial charge in [0.2, 0.25) is 5.91 Å². The molecule has 0 radical (unpaired) electrons. The molecule has 1 N–H and O–H groups in total. The highest BCUT2D eigenvalue weighted by Crippen LogP contribution is 2.22. The first-order valence-corrected chi connectivity index (χ1v) is 13.6.